The number of amides is 2. The molecule has 0 unspecified atom stereocenters. The van der Waals surface area contributed by atoms with E-state index in [0.717, 1.165) is 11.1 Å². The number of nitrogens with zero attached hydrogens (tertiary/aromatic N) is 1. The number of alkyl halides is 1. The van der Waals surface area contributed by atoms with Gasteiger partial charge in [0.1, 0.15) is 19.2 Å². The first kappa shape index (κ1) is 26.3. The van der Waals surface area contributed by atoms with Gasteiger partial charge in [-0.1, -0.05) is 97.0 Å². The molecule has 176 valence electrons. The van der Waals surface area contributed by atoms with E-state index in [0.29, 0.717) is 17.3 Å². The van der Waals surface area contributed by atoms with Gasteiger partial charge in [-0.15, -0.1) is 0 Å². The Morgan fingerprint density at radius 1 is 1.00 bits per heavy atom. The Morgan fingerprint density at radius 2 is 1.58 bits per heavy atom. The molecule has 0 bridgehead atoms. The number of benzene rings is 2. The molecule has 0 aliphatic carbocycles. The average molecular weight is 515 g/mol. The Hall–Kier alpha value is -2.93. The SMILES string of the molecule is C=C(CBr)C(=O)N(Cc1ccccc1)[C@@H](CC(C)C)C(=O)NCC(=O)OCc1ccccc1. The van der Waals surface area contributed by atoms with Crippen LogP contribution in [0.1, 0.15) is 31.4 Å². The predicted molar refractivity (Wildman–Crippen MR) is 132 cm³/mol. The van der Waals surface area contributed by atoms with Gasteiger partial charge in [0.05, 0.1) is 0 Å². The van der Waals surface area contributed by atoms with Crippen molar-refractivity contribution in [1.82, 2.24) is 10.2 Å². The zero-order valence-electron chi connectivity index (χ0n) is 19.1. The molecule has 0 saturated heterocycles. The molecule has 2 aromatic rings. The zero-order valence-corrected chi connectivity index (χ0v) is 20.7. The van der Waals surface area contributed by atoms with E-state index in [9.17, 15) is 14.4 Å². The van der Waals surface area contributed by atoms with Crippen molar-refractivity contribution in [1.29, 1.82) is 0 Å². The fourth-order valence-electron chi connectivity index (χ4n) is 3.25. The maximum Gasteiger partial charge on any atom is 0.325 e. The molecule has 0 aliphatic rings. The van der Waals surface area contributed by atoms with Crippen LogP contribution in [0.5, 0.6) is 0 Å². The van der Waals surface area contributed by atoms with E-state index in [2.05, 4.69) is 27.8 Å². The van der Waals surface area contributed by atoms with Gasteiger partial charge in [0.2, 0.25) is 5.91 Å². The highest BCUT2D eigenvalue weighted by atomic mass is 79.9. The summed E-state index contributed by atoms with van der Waals surface area (Å²) in [7, 11) is 0. The van der Waals surface area contributed by atoms with E-state index in [-0.39, 0.29) is 31.5 Å². The molecule has 7 heteroatoms. The van der Waals surface area contributed by atoms with Crippen LogP contribution in [0.15, 0.2) is 72.8 Å². The van der Waals surface area contributed by atoms with Crippen molar-refractivity contribution in [3.63, 3.8) is 0 Å². The summed E-state index contributed by atoms with van der Waals surface area (Å²) in [6.07, 6.45) is 0.443. The van der Waals surface area contributed by atoms with Gasteiger partial charge >= 0.3 is 5.97 Å². The quantitative estimate of drug-likeness (QED) is 0.261. The number of nitrogens with one attached hydrogen (secondary N) is 1. The predicted octanol–water partition coefficient (Wildman–Crippen LogP) is 4.24. The summed E-state index contributed by atoms with van der Waals surface area (Å²) in [5, 5.41) is 2.96. The number of rotatable bonds is 12. The van der Waals surface area contributed by atoms with Gasteiger partial charge in [0, 0.05) is 17.4 Å². The minimum absolute atomic E-state index is 0.134. The largest absolute Gasteiger partial charge is 0.460 e. The Balaban J connectivity index is 2.11. The molecule has 1 N–H and O–H groups in total. The van der Waals surface area contributed by atoms with Crippen molar-refractivity contribution in [3.05, 3.63) is 83.9 Å². The molecule has 0 heterocycles. The number of hydrogen-bond donors (Lipinski definition) is 1. The lowest BCUT2D eigenvalue weighted by Gasteiger charge is -2.32. The summed E-state index contributed by atoms with van der Waals surface area (Å²) in [4.78, 5) is 40.0. The summed E-state index contributed by atoms with van der Waals surface area (Å²) in [6.45, 7) is 7.93. The fraction of sp³-hybridized carbons (Fsp3) is 0.346. The van der Waals surface area contributed by atoms with Crippen LogP contribution in [0, 0.1) is 5.92 Å². The molecule has 2 amide bonds. The lowest BCUT2D eigenvalue weighted by atomic mass is 10.00. The number of carbonyl (C=O) groups excluding carboxylic acids is 3. The number of ether oxygens (including phenoxy) is 1. The van der Waals surface area contributed by atoms with Crippen molar-refractivity contribution in [3.8, 4) is 0 Å². The minimum atomic E-state index is -0.754. The highest BCUT2D eigenvalue weighted by Gasteiger charge is 2.31. The molecule has 0 spiro atoms. The molecule has 0 saturated carbocycles. The monoisotopic (exact) mass is 514 g/mol. The normalized spacial score (nSPS) is 11.5. The van der Waals surface area contributed by atoms with Crippen molar-refractivity contribution in [2.24, 2.45) is 5.92 Å². The summed E-state index contributed by atoms with van der Waals surface area (Å²) in [6, 6.07) is 18.0. The summed E-state index contributed by atoms with van der Waals surface area (Å²) < 4.78 is 5.24. The molecule has 2 aromatic carbocycles. The molecule has 2 rings (SSSR count). The molecule has 0 fully saturated rings. The highest BCUT2D eigenvalue weighted by molar-refractivity contribution is 9.09. The minimum Gasteiger partial charge on any atom is -0.460 e. The van der Waals surface area contributed by atoms with Crippen molar-refractivity contribution >= 4 is 33.7 Å². The van der Waals surface area contributed by atoms with Crippen LogP contribution in [0.4, 0.5) is 0 Å². The van der Waals surface area contributed by atoms with Crippen LogP contribution in [0.25, 0.3) is 0 Å². The lowest BCUT2D eigenvalue weighted by Crippen LogP contribution is -2.51. The summed E-state index contributed by atoms with van der Waals surface area (Å²) in [5.41, 5.74) is 2.12. The van der Waals surface area contributed by atoms with Gasteiger partial charge in [0.15, 0.2) is 0 Å². The average Bonchev–Trinajstić information content (AvgIpc) is 2.83. The smallest absolute Gasteiger partial charge is 0.325 e. The van der Waals surface area contributed by atoms with Gasteiger partial charge in [-0.3, -0.25) is 14.4 Å². The summed E-state index contributed by atoms with van der Waals surface area (Å²) in [5.74, 6) is -1.09. The van der Waals surface area contributed by atoms with Gasteiger partial charge in [-0.2, -0.15) is 0 Å². The molecule has 6 nitrogen and oxygen atoms in total. The van der Waals surface area contributed by atoms with E-state index in [1.54, 1.807) is 0 Å². The van der Waals surface area contributed by atoms with Gasteiger partial charge in [-0.25, -0.2) is 0 Å². The second-order valence-corrected chi connectivity index (χ2v) is 8.73. The second-order valence-electron chi connectivity index (χ2n) is 8.17. The second kappa shape index (κ2) is 13.6. The van der Waals surface area contributed by atoms with Gasteiger partial charge < -0.3 is 15.0 Å². The molecule has 0 radical (unpaired) electrons. The highest BCUT2D eigenvalue weighted by Crippen LogP contribution is 2.19. The zero-order chi connectivity index (χ0) is 24.2. The van der Waals surface area contributed by atoms with Gasteiger partial charge in [-0.05, 0) is 23.5 Å². The van der Waals surface area contributed by atoms with E-state index in [1.807, 2.05) is 74.5 Å². The maximum atomic E-state index is 13.2. The molecule has 1 atom stereocenters. The molecular formula is C26H31BrN2O4. The first-order chi connectivity index (χ1) is 15.8. The number of carbonyl (C=O) groups is 3. The lowest BCUT2D eigenvalue weighted by molar-refractivity contribution is -0.146. The molecule has 33 heavy (non-hydrogen) atoms. The Kier molecular flexibility index (Phi) is 10.8. The van der Waals surface area contributed by atoms with Gasteiger partial charge in [0.25, 0.3) is 5.91 Å². The van der Waals surface area contributed by atoms with E-state index >= 15 is 0 Å². The van der Waals surface area contributed by atoms with Crippen LogP contribution in [-0.4, -0.2) is 40.6 Å². The Morgan fingerprint density at radius 3 is 2.12 bits per heavy atom. The number of hydrogen-bond acceptors (Lipinski definition) is 4. The Labute approximate surface area is 204 Å². The van der Waals surface area contributed by atoms with Crippen LogP contribution in [0.3, 0.4) is 0 Å². The van der Waals surface area contributed by atoms with E-state index in [1.165, 1.54) is 4.90 Å². The molecule has 0 aromatic heterocycles. The van der Waals surface area contributed by atoms with E-state index in [4.69, 9.17) is 4.74 Å². The number of halogens is 1. The standard InChI is InChI=1S/C26H31BrN2O4/c1-19(2)14-23(25(31)28-16-24(30)33-18-22-12-8-5-9-13-22)29(26(32)20(3)15-27)17-21-10-6-4-7-11-21/h4-13,19,23H,3,14-18H2,1-2H3,(H,28,31)/t23-/m0/s1. The van der Waals surface area contributed by atoms with Crippen molar-refractivity contribution in [2.75, 3.05) is 11.9 Å². The third kappa shape index (κ3) is 8.85. The third-order valence-electron chi connectivity index (χ3n) is 4.94. The van der Waals surface area contributed by atoms with E-state index < -0.39 is 17.9 Å². The Bertz CT molecular complexity index is 932. The summed E-state index contributed by atoms with van der Waals surface area (Å²) >= 11 is 3.28. The molecule has 0 aliphatic heterocycles. The topological polar surface area (TPSA) is 75.7 Å². The van der Waals surface area contributed by atoms with Crippen LogP contribution < -0.4 is 5.32 Å². The third-order valence-corrected chi connectivity index (χ3v) is 5.62. The van der Waals surface area contributed by atoms with Crippen LogP contribution in [0.2, 0.25) is 0 Å². The number of esters is 1. The van der Waals surface area contributed by atoms with Crippen molar-refractivity contribution in [2.45, 2.75) is 39.5 Å². The maximum absolute atomic E-state index is 13.2. The first-order valence-electron chi connectivity index (χ1n) is 10.9. The van der Waals surface area contributed by atoms with Crippen molar-refractivity contribution < 1.29 is 19.1 Å². The first-order valence-corrected chi connectivity index (χ1v) is 12.0. The van der Waals surface area contributed by atoms with Crippen LogP contribution >= 0.6 is 15.9 Å². The molecular weight excluding hydrogens is 484 g/mol. The van der Waals surface area contributed by atoms with Crippen LogP contribution in [-0.2, 0) is 32.3 Å². The fourth-order valence-corrected chi connectivity index (χ4v) is 3.49.